The molecular weight excluding hydrogens is 578 g/mol. The second-order valence-electron chi connectivity index (χ2n) is 10.6. The number of carbonyl (C=O) groups excluding carboxylic acids is 2. The normalized spacial score (nSPS) is 18.0. The third kappa shape index (κ3) is 5.57. The number of ether oxygens (including phenoxy) is 2. The van der Waals surface area contributed by atoms with E-state index < -0.39 is 5.92 Å². The van der Waals surface area contributed by atoms with Crippen LogP contribution in [0.15, 0.2) is 55.8 Å². The number of benzene rings is 1. The van der Waals surface area contributed by atoms with E-state index in [-0.39, 0.29) is 34.3 Å². The molecule has 1 amide bonds. The van der Waals surface area contributed by atoms with Crippen LogP contribution in [0, 0.1) is 23.7 Å². The summed E-state index contributed by atoms with van der Waals surface area (Å²) >= 11 is 2.42. The lowest BCUT2D eigenvalue weighted by Gasteiger charge is -2.42. The number of methoxy groups -OCH3 is 2. The van der Waals surface area contributed by atoms with Gasteiger partial charge in [0, 0.05) is 23.8 Å². The van der Waals surface area contributed by atoms with Gasteiger partial charge < -0.3 is 25.0 Å². The fourth-order valence-corrected chi connectivity index (χ4v) is 6.86. The average Bonchev–Trinajstić information content (AvgIpc) is 3.58. The van der Waals surface area contributed by atoms with Gasteiger partial charge in [-0.2, -0.15) is 5.26 Å². The molecule has 1 aromatic carbocycles. The molecule has 12 nitrogen and oxygen atoms in total. The number of nitrogens with zero attached hydrogens (tertiary/aromatic N) is 5. The molecule has 1 aliphatic carbocycles. The molecule has 0 fully saturated rings. The number of hydrogen-bond donors (Lipinski definition) is 2. The molecule has 2 aromatic heterocycles. The quantitative estimate of drug-likeness (QED) is 0.344. The summed E-state index contributed by atoms with van der Waals surface area (Å²) in [6.45, 7) is 5.78. The van der Waals surface area contributed by atoms with Gasteiger partial charge in [0.25, 0.3) is 0 Å². The number of amides is 1. The van der Waals surface area contributed by atoms with Gasteiger partial charge in [-0.05, 0) is 36.5 Å². The first-order valence-electron chi connectivity index (χ1n) is 12.9. The SMILES string of the molecule is COc1ccc(C2C(C#N)=C(N)N(c3nnc(SCC(=O)Nc4cc(C)on4)s3)C3=C2C(=O)CC(C)(C)C3)cc1OC. The van der Waals surface area contributed by atoms with Crippen molar-refractivity contribution in [2.75, 3.05) is 30.2 Å². The smallest absolute Gasteiger partial charge is 0.236 e. The number of Topliss-reactive ketones (excluding diaryl/α,β-unsaturated/α-hetero) is 1. The Morgan fingerprint density at radius 1 is 1.26 bits per heavy atom. The van der Waals surface area contributed by atoms with E-state index in [1.54, 1.807) is 37.1 Å². The van der Waals surface area contributed by atoms with Gasteiger partial charge in [0.2, 0.25) is 11.0 Å². The molecular formula is C28H29N7O5S2. The van der Waals surface area contributed by atoms with Gasteiger partial charge in [0.15, 0.2) is 27.4 Å². The number of aryl methyl sites for hydroxylation is 1. The number of nitrogens with two attached hydrogens (primary N) is 1. The molecule has 1 atom stereocenters. The summed E-state index contributed by atoms with van der Waals surface area (Å²) in [5.74, 6) is 1.14. The van der Waals surface area contributed by atoms with Crippen LogP contribution in [0.25, 0.3) is 0 Å². The lowest BCUT2D eigenvalue weighted by molar-refractivity contribution is -0.118. The van der Waals surface area contributed by atoms with Crippen LogP contribution >= 0.6 is 23.1 Å². The highest BCUT2D eigenvalue weighted by Gasteiger charge is 2.45. The molecule has 0 spiro atoms. The molecule has 3 heterocycles. The number of ketones is 1. The minimum atomic E-state index is -0.685. The predicted octanol–water partition coefficient (Wildman–Crippen LogP) is 4.52. The van der Waals surface area contributed by atoms with Crippen molar-refractivity contribution in [3.05, 3.63) is 58.3 Å². The van der Waals surface area contributed by atoms with Gasteiger partial charge in [-0.3, -0.25) is 14.5 Å². The molecule has 0 saturated carbocycles. The highest BCUT2D eigenvalue weighted by atomic mass is 32.2. The van der Waals surface area contributed by atoms with Crippen LogP contribution in [0.5, 0.6) is 11.5 Å². The van der Waals surface area contributed by atoms with E-state index in [4.69, 9.17) is 19.7 Å². The number of rotatable bonds is 8. The average molecular weight is 608 g/mol. The highest BCUT2D eigenvalue weighted by molar-refractivity contribution is 8.01. The Bertz CT molecular complexity index is 1670. The molecule has 0 saturated heterocycles. The fourth-order valence-electron chi connectivity index (χ4n) is 5.18. The Morgan fingerprint density at radius 2 is 2.02 bits per heavy atom. The molecule has 1 aliphatic heterocycles. The standard InChI is InChI=1S/C28H29N7O5S2/c1-14-8-21(34-40-14)31-22(37)13-41-27-33-32-26(42-27)35-17-10-28(2,3)11-18(36)24(17)23(16(12-29)25(35)30)15-6-7-19(38-4)20(9-15)39-5/h6-9,23H,10-11,13,30H2,1-5H3,(H,31,34,37). The first kappa shape index (κ1) is 29.2. The van der Waals surface area contributed by atoms with E-state index in [0.29, 0.717) is 62.2 Å². The summed E-state index contributed by atoms with van der Waals surface area (Å²) in [6, 6.07) is 9.21. The number of thioether (sulfide) groups is 1. The van der Waals surface area contributed by atoms with Crippen LogP contribution < -0.4 is 25.4 Å². The molecule has 218 valence electrons. The topological polar surface area (TPSA) is 169 Å². The zero-order valence-electron chi connectivity index (χ0n) is 23.7. The molecule has 3 aromatic rings. The van der Waals surface area contributed by atoms with Gasteiger partial charge in [0.05, 0.1) is 37.5 Å². The summed E-state index contributed by atoms with van der Waals surface area (Å²) in [5, 5.41) is 25.8. The van der Waals surface area contributed by atoms with Crippen molar-refractivity contribution in [2.45, 2.75) is 43.9 Å². The Labute approximate surface area is 250 Å². The molecule has 0 bridgehead atoms. The molecule has 1 unspecified atom stereocenters. The Morgan fingerprint density at radius 3 is 2.69 bits per heavy atom. The maximum atomic E-state index is 13.8. The van der Waals surface area contributed by atoms with Crippen molar-refractivity contribution < 1.29 is 23.6 Å². The van der Waals surface area contributed by atoms with E-state index in [9.17, 15) is 14.9 Å². The van der Waals surface area contributed by atoms with Gasteiger partial charge in [-0.1, -0.05) is 48.2 Å². The minimum Gasteiger partial charge on any atom is -0.493 e. The van der Waals surface area contributed by atoms with E-state index in [1.165, 1.54) is 30.2 Å². The Hall–Kier alpha value is -4.35. The maximum absolute atomic E-state index is 13.8. The summed E-state index contributed by atoms with van der Waals surface area (Å²) in [4.78, 5) is 27.8. The maximum Gasteiger partial charge on any atom is 0.236 e. The zero-order chi connectivity index (χ0) is 30.2. The molecule has 5 rings (SSSR count). The van der Waals surface area contributed by atoms with E-state index in [2.05, 4.69) is 26.7 Å². The van der Waals surface area contributed by atoms with Crippen LogP contribution in [0.1, 0.15) is 43.9 Å². The third-order valence-electron chi connectivity index (χ3n) is 6.93. The van der Waals surface area contributed by atoms with Crippen molar-refractivity contribution in [1.29, 1.82) is 5.26 Å². The van der Waals surface area contributed by atoms with Crippen molar-refractivity contribution in [3.8, 4) is 17.6 Å². The van der Waals surface area contributed by atoms with Gasteiger partial charge in [-0.25, -0.2) is 0 Å². The van der Waals surface area contributed by atoms with Crippen molar-refractivity contribution in [3.63, 3.8) is 0 Å². The molecule has 42 heavy (non-hydrogen) atoms. The zero-order valence-corrected chi connectivity index (χ0v) is 25.3. The molecule has 3 N–H and O–H groups in total. The molecule has 14 heteroatoms. The number of aromatic nitrogens is 3. The third-order valence-corrected chi connectivity index (χ3v) is 8.97. The monoisotopic (exact) mass is 607 g/mol. The number of hydrogen-bond acceptors (Lipinski definition) is 13. The largest absolute Gasteiger partial charge is 0.493 e. The molecule has 2 aliphatic rings. The number of anilines is 2. The van der Waals surface area contributed by atoms with Crippen LogP contribution in [0.4, 0.5) is 10.9 Å². The Balaban J connectivity index is 1.50. The first-order valence-corrected chi connectivity index (χ1v) is 14.7. The lowest BCUT2D eigenvalue weighted by atomic mass is 9.68. The van der Waals surface area contributed by atoms with Gasteiger partial charge in [0.1, 0.15) is 11.6 Å². The van der Waals surface area contributed by atoms with Crippen LogP contribution in [-0.4, -0.2) is 47.0 Å². The number of nitrogens with one attached hydrogen (secondary N) is 1. The van der Waals surface area contributed by atoms with Gasteiger partial charge >= 0.3 is 0 Å². The van der Waals surface area contributed by atoms with Crippen LogP contribution in [0.3, 0.4) is 0 Å². The number of allylic oxidation sites excluding steroid dienone is 3. The second kappa shape index (κ2) is 11.5. The molecule has 0 radical (unpaired) electrons. The lowest BCUT2D eigenvalue weighted by Crippen LogP contribution is -2.42. The van der Waals surface area contributed by atoms with Crippen molar-refractivity contribution >= 4 is 45.7 Å². The van der Waals surface area contributed by atoms with E-state index in [0.717, 1.165) is 0 Å². The predicted molar refractivity (Wildman–Crippen MR) is 157 cm³/mol. The summed E-state index contributed by atoms with van der Waals surface area (Å²) in [6.07, 6.45) is 0.846. The summed E-state index contributed by atoms with van der Waals surface area (Å²) < 4.78 is 16.4. The Kier molecular flexibility index (Phi) is 7.98. The summed E-state index contributed by atoms with van der Waals surface area (Å²) in [7, 11) is 3.07. The highest BCUT2D eigenvalue weighted by Crippen LogP contribution is 2.51. The van der Waals surface area contributed by atoms with E-state index in [1.807, 2.05) is 19.9 Å². The van der Waals surface area contributed by atoms with Crippen LogP contribution in [0.2, 0.25) is 0 Å². The summed E-state index contributed by atoms with van der Waals surface area (Å²) in [5.41, 5.74) is 8.46. The minimum absolute atomic E-state index is 0.0647. The van der Waals surface area contributed by atoms with Crippen molar-refractivity contribution in [2.24, 2.45) is 11.1 Å². The van der Waals surface area contributed by atoms with Crippen molar-refractivity contribution in [1.82, 2.24) is 15.4 Å². The fraction of sp³-hybridized carbons (Fsp3) is 0.357. The second-order valence-corrected chi connectivity index (χ2v) is 12.8. The van der Waals surface area contributed by atoms with Gasteiger partial charge in [-0.15, -0.1) is 10.2 Å². The number of carbonyl (C=O) groups is 2. The van der Waals surface area contributed by atoms with Crippen LogP contribution in [-0.2, 0) is 9.59 Å². The first-order chi connectivity index (χ1) is 20.0. The number of nitriles is 1. The van der Waals surface area contributed by atoms with E-state index >= 15 is 0 Å².